The smallest absolute Gasteiger partial charge is 0.327 e. The molecular formula is C25H35ClO6S3. The summed E-state index contributed by atoms with van der Waals surface area (Å²) in [5, 5.41) is 19.6. The lowest BCUT2D eigenvalue weighted by atomic mass is 9.63. The molecule has 0 aromatic rings. The van der Waals surface area contributed by atoms with Gasteiger partial charge in [-0.25, -0.2) is 0 Å². The number of Topliss-reactive ketones (excluding diaryl/α,β-unsaturated/α-hetero) is 1. The van der Waals surface area contributed by atoms with Crippen molar-refractivity contribution in [2.45, 2.75) is 49.9 Å². The molecule has 10 heteroatoms. The molecule has 0 aromatic heterocycles. The van der Waals surface area contributed by atoms with Crippen LogP contribution in [0.2, 0.25) is 0 Å². The van der Waals surface area contributed by atoms with E-state index in [1.54, 1.807) is 19.1 Å². The van der Waals surface area contributed by atoms with E-state index in [4.69, 9.17) is 21.1 Å². The molecule has 8 atom stereocenters. The highest BCUT2D eigenvalue weighted by atomic mass is 35.5. The van der Waals surface area contributed by atoms with Crippen molar-refractivity contribution in [2.24, 2.45) is 29.6 Å². The normalized spacial score (nSPS) is 38.1. The molecule has 0 amide bonds. The summed E-state index contributed by atoms with van der Waals surface area (Å²) in [5.41, 5.74) is 0. The second-order valence-corrected chi connectivity index (χ2v) is 11.1. The number of fused-ring (bicyclic) bond motifs is 1. The highest BCUT2D eigenvalue weighted by Crippen LogP contribution is 2.45. The zero-order valence-electron chi connectivity index (χ0n) is 20.1. The first-order valence-electron chi connectivity index (χ1n) is 11.6. The van der Waals surface area contributed by atoms with E-state index in [1.165, 1.54) is 0 Å². The summed E-state index contributed by atoms with van der Waals surface area (Å²) in [7, 11) is 0. The van der Waals surface area contributed by atoms with Crippen molar-refractivity contribution >= 4 is 61.2 Å². The van der Waals surface area contributed by atoms with E-state index in [-0.39, 0.29) is 42.6 Å². The molecule has 2 N–H and O–H groups in total. The van der Waals surface area contributed by atoms with Crippen LogP contribution in [0, 0.1) is 29.6 Å². The first kappa shape index (κ1) is 30.4. The summed E-state index contributed by atoms with van der Waals surface area (Å²) in [6, 6.07) is 0. The maximum Gasteiger partial charge on any atom is 0.327 e. The Morgan fingerprint density at radius 2 is 1.83 bits per heavy atom. The lowest BCUT2D eigenvalue weighted by Crippen LogP contribution is -2.42. The van der Waals surface area contributed by atoms with Gasteiger partial charge in [-0.3, -0.25) is 9.59 Å². The third-order valence-electron chi connectivity index (χ3n) is 6.51. The van der Waals surface area contributed by atoms with E-state index in [0.717, 1.165) is 0 Å². The van der Waals surface area contributed by atoms with Gasteiger partial charge in [0.25, 0.3) is 0 Å². The Labute approximate surface area is 229 Å². The zero-order chi connectivity index (χ0) is 26.3. The van der Waals surface area contributed by atoms with Crippen molar-refractivity contribution in [1.29, 1.82) is 0 Å². The van der Waals surface area contributed by atoms with Crippen molar-refractivity contribution in [3.63, 3.8) is 0 Å². The van der Waals surface area contributed by atoms with Gasteiger partial charge in [0.15, 0.2) is 11.0 Å². The Balaban J connectivity index is 2.55. The molecule has 0 saturated heterocycles. The molecule has 6 nitrogen and oxygen atoms in total. The first-order valence-corrected chi connectivity index (χ1v) is 13.6. The number of hydrogen-bond acceptors (Lipinski definition) is 9. The van der Waals surface area contributed by atoms with E-state index in [0.29, 0.717) is 6.42 Å². The Morgan fingerprint density at radius 1 is 1.17 bits per heavy atom. The van der Waals surface area contributed by atoms with Crippen LogP contribution in [0.5, 0.6) is 0 Å². The van der Waals surface area contributed by atoms with Crippen LogP contribution < -0.4 is 0 Å². The lowest BCUT2D eigenvalue weighted by Gasteiger charge is -2.42. The number of ketones is 1. The Morgan fingerprint density at radius 3 is 2.46 bits per heavy atom. The van der Waals surface area contributed by atoms with E-state index in [9.17, 15) is 19.8 Å². The number of hydrogen-bond donors (Lipinski definition) is 5. The molecule has 196 valence electrons. The fourth-order valence-corrected chi connectivity index (χ4v) is 5.65. The monoisotopic (exact) mass is 562 g/mol. The van der Waals surface area contributed by atoms with E-state index in [2.05, 4.69) is 37.9 Å². The van der Waals surface area contributed by atoms with Gasteiger partial charge in [0.05, 0.1) is 12.5 Å². The number of esters is 1. The summed E-state index contributed by atoms with van der Waals surface area (Å²) < 4.78 is 10.5. The Kier molecular flexibility index (Phi) is 11.8. The van der Waals surface area contributed by atoms with Crippen LogP contribution in [0.15, 0.2) is 47.2 Å². The predicted octanol–water partition coefficient (Wildman–Crippen LogP) is 4.91. The summed E-state index contributed by atoms with van der Waals surface area (Å²) in [4.78, 5) is 24.8. The highest BCUT2D eigenvalue weighted by Gasteiger charge is 2.45. The van der Waals surface area contributed by atoms with Crippen LogP contribution >= 0.6 is 49.5 Å². The Hall–Kier alpha value is -0.840. The van der Waals surface area contributed by atoms with E-state index < -0.39 is 44.7 Å². The molecule has 0 unspecified atom stereocenters. The molecule has 1 aliphatic carbocycles. The molecule has 1 aliphatic heterocycles. The van der Waals surface area contributed by atoms with Gasteiger partial charge >= 0.3 is 5.97 Å². The lowest BCUT2D eigenvalue weighted by molar-refractivity contribution is -0.145. The van der Waals surface area contributed by atoms with Gasteiger partial charge < -0.3 is 19.7 Å². The van der Waals surface area contributed by atoms with Crippen LogP contribution in [-0.4, -0.2) is 50.8 Å². The molecule has 2 rings (SSSR count). The second kappa shape index (κ2) is 13.6. The maximum absolute atomic E-state index is 13.8. The number of aliphatic hydroxyl groups excluding tert-OH is 1. The predicted molar refractivity (Wildman–Crippen MR) is 148 cm³/mol. The van der Waals surface area contributed by atoms with E-state index in [1.807, 2.05) is 38.2 Å². The fourth-order valence-electron chi connectivity index (χ4n) is 4.76. The zero-order valence-corrected chi connectivity index (χ0v) is 23.5. The van der Waals surface area contributed by atoms with Gasteiger partial charge in [-0.1, -0.05) is 62.2 Å². The molecule has 0 radical (unpaired) electrons. The molecule has 0 saturated carbocycles. The van der Waals surface area contributed by atoms with Gasteiger partial charge in [-0.15, -0.1) is 12.6 Å². The number of ether oxygens (including phenoxy) is 2. The SMILES string of the molecule is CC[C@H]1[C@@H]2C(=O)/C(Cl)=C(\O)[C@H](S)C(=O)O[C@@H](C)/C=C/C=C\[C@@H](C)[C@@H]2C=C[C@@H]1C[C@](O)(S)COCS. The number of rotatable bonds is 6. The number of cyclic esters (lactones) is 1. The topological polar surface area (TPSA) is 93.1 Å². The summed E-state index contributed by atoms with van der Waals surface area (Å²) in [6.45, 7) is 5.64. The highest BCUT2D eigenvalue weighted by molar-refractivity contribution is 7.82. The van der Waals surface area contributed by atoms with Gasteiger partial charge in [0, 0.05) is 5.92 Å². The number of halogens is 1. The third kappa shape index (κ3) is 8.07. The fraction of sp³-hybridized carbons (Fsp3) is 0.600. The van der Waals surface area contributed by atoms with Crippen molar-refractivity contribution < 1.29 is 29.3 Å². The van der Waals surface area contributed by atoms with Gasteiger partial charge in [0.1, 0.15) is 21.8 Å². The molecular weight excluding hydrogens is 528 g/mol. The number of carbonyl (C=O) groups excluding carboxylic acids is 2. The molecule has 35 heavy (non-hydrogen) atoms. The molecule has 1 heterocycles. The van der Waals surface area contributed by atoms with Gasteiger partial charge in [0.2, 0.25) is 0 Å². The number of aliphatic hydroxyl groups is 2. The minimum Gasteiger partial charge on any atom is -0.509 e. The summed E-state index contributed by atoms with van der Waals surface area (Å²) in [6.07, 6.45) is 11.6. The van der Waals surface area contributed by atoms with Crippen molar-refractivity contribution in [3.05, 3.63) is 47.2 Å². The summed E-state index contributed by atoms with van der Waals surface area (Å²) in [5.74, 6) is -3.04. The average molecular weight is 563 g/mol. The number of thiol groups is 3. The van der Waals surface area contributed by atoms with Crippen LogP contribution in [0.4, 0.5) is 0 Å². The van der Waals surface area contributed by atoms with Crippen molar-refractivity contribution in [1.82, 2.24) is 0 Å². The minimum absolute atomic E-state index is 0.0167. The Bertz CT molecular complexity index is 884. The molecule has 2 aliphatic rings. The molecule has 0 bridgehead atoms. The van der Waals surface area contributed by atoms with Crippen LogP contribution in [0.25, 0.3) is 0 Å². The largest absolute Gasteiger partial charge is 0.509 e. The van der Waals surface area contributed by atoms with Gasteiger partial charge in [-0.05, 0) is 43.1 Å². The van der Waals surface area contributed by atoms with Gasteiger partial charge in [-0.2, -0.15) is 25.3 Å². The molecule has 0 fully saturated rings. The van der Waals surface area contributed by atoms with Crippen LogP contribution in [-0.2, 0) is 19.1 Å². The quantitative estimate of drug-likeness (QED) is 0.137. The molecule has 0 aromatic carbocycles. The number of carbonyl (C=O) groups is 2. The minimum atomic E-state index is -1.42. The first-order chi connectivity index (χ1) is 16.4. The number of allylic oxidation sites excluding steroid dienone is 6. The summed E-state index contributed by atoms with van der Waals surface area (Å²) >= 11 is 18.9. The average Bonchev–Trinajstić information content (AvgIpc) is 2.82. The van der Waals surface area contributed by atoms with E-state index >= 15 is 0 Å². The van der Waals surface area contributed by atoms with Crippen LogP contribution in [0.1, 0.15) is 33.6 Å². The molecule has 0 spiro atoms. The second-order valence-electron chi connectivity index (χ2n) is 9.13. The maximum atomic E-state index is 13.8. The standard InChI is InChI=1S/C25H35ClO6S3/c1-4-17-16(11-25(30,35)12-31-13-33)9-10-18-14(2)7-5-6-8-15(3)32-24(29)23(34)22(28)20(26)21(27)19(17)18/h5-10,14-19,23,28,30,33-35H,4,11-13H2,1-3H3/b7-5-,8-6+,22-20+/t14-,15+,16-,17-,18+,19+,23+,25+/m1/s1. The third-order valence-corrected chi connectivity index (χ3v) is 7.84. The van der Waals surface area contributed by atoms with Crippen molar-refractivity contribution in [2.75, 3.05) is 12.5 Å². The van der Waals surface area contributed by atoms with Crippen molar-refractivity contribution in [3.8, 4) is 0 Å². The van der Waals surface area contributed by atoms with Crippen LogP contribution in [0.3, 0.4) is 0 Å².